The summed E-state index contributed by atoms with van der Waals surface area (Å²) in [5.74, 6) is 0. The number of nitrogens with zero attached hydrogens (tertiary/aromatic N) is 2. The van der Waals surface area contributed by atoms with Gasteiger partial charge in [0, 0.05) is 34.2 Å². The van der Waals surface area contributed by atoms with Crippen LogP contribution >= 0.6 is 0 Å². The van der Waals surface area contributed by atoms with Gasteiger partial charge in [-0.3, -0.25) is 4.98 Å². The molecule has 2 heterocycles. The van der Waals surface area contributed by atoms with Crippen LogP contribution in [0.3, 0.4) is 0 Å². The van der Waals surface area contributed by atoms with Crippen LogP contribution in [0.15, 0.2) is 194 Å². The molecule has 0 aliphatic rings. The van der Waals surface area contributed by atoms with E-state index >= 15 is 0 Å². The van der Waals surface area contributed by atoms with E-state index in [1.54, 1.807) is 0 Å². The van der Waals surface area contributed by atoms with Crippen molar-refractivity contribution in [2.75, 3.05) is 0 Å². The minimum Gasteiger partial charge on any atom is -0.309 e. The van der Waals surface area contributed by atoms with Crippen LogP contribution in [-0.2, 0) is 0 Å². The minimum atomic E-state index is 1.16. The van der Waals surface area contributed by atoms with Crippen molar-refractivity contribution in [2.24, 2.45) is 0 Å². The van der Waals surface area contributed by atoms with E-state index in [-0.39, 0.29) is 0 Å². The van der Waals surface area contributed by atoms with Gasteiger partial charge in [-0.1, -0.05) is 140 Å². The van der Waals surface area contributed by atoms with Gasteiger partial charge in [-0.05, 0) is 114 Å². The summed E-state index contributed by atoms with van der Waals surface area (Å²) in [5.41, 5.74) is 10.8. The van der Waals surface area contributed by atoms with Crippen LogP contribution in [0.25, 0.3) is 104 Å². The maximum atomic E-state index is 4.26. The Labute approximate surface area is 306 Å². The summed E-state index contributed by atoms with van der Waals surface area (Å²) in [6.07, 6.45) is 3.73. The molecule has 0 unspecified atom stereocenters. The molecular weight excluding hydrogens is 641 g/mol. The summed E-state index contributed by atoms with van der Waals surface area (Å²) >= 11 is 0. The highest BCUT2D eigenvalue weighted by atomic mass is 15.0. The van der Waals surface area contributed by atoms with Gasteiger partial charge in [0.05, 0.1) is 11.0 Å². The molecule has 53 heavy (non-hydrogen) atoms. The lowest BCUT2D eigenvalue weighted by molar-refractivity contribution is 1.19. The normalized spacial score (nSPS) is 11.8. The molecule has 0 saturated heterocycles. The molecule has 0 radical (unpaired) electrons. The lowest BCUT2D eigenvalue weighted by atomic mass is 9.92. The Kier molecular flexibility index (Phi) is 6.59. The lowest BCUT2D eigenvalue weighted by Crippen LogP contribution is -1.95. The molecule has 0 aliphatic heterocycles. The predicted octanol–water partition coefficient (Wildman–Crippen LogP) is 13.8. The standard InChI is InChI=1S/C51H32N2/c1-2-8-37-30-42(21-17-33(37)7-1)53-50-32-39(35-25-27-52-28-26-35)19-23-47(50)48-24-20-41-29-38(18-22-44(41)51(48)53)34-13-15-36(16-14-34)49-31-40-9-3-4-10-43(40)45-11-5-6-12-46(45)49/h1-32H. The molecule has 246 valence electrons. The topological polar surface area (TPSA) is 17.8 Å². The van der Waals surface area contributed by atoms with E-state index in [1.807, 2.05) is 12.4 Å². The van der Waals surface area contributed by atoms with Gasteiger partial charge in [0.1, 0.15) is 0 Å². The Morgan fingerprint density at radius 2 is 0.906 bits per heavy atom. The van der Waals surface area contributed by atoms with E-state index in [0.717, 1.165) is 11.3 Å². The zero-order chi connectivity index (χ0) is 34.9. The number of hydrogen-bond acceptors (Lipinski definition) is 1. The molecule has 0 fully saturated rings. The first-order chi connectivity index (χ1) is 26.3. The fourth-order valence-electron chi connectivity index (χ4n) is 8.46. The molecule has 11 rings (SSSR count). The second-order valence-electron chi connectivity index (χ2n) is 14.0. The highest BCUT2D eigenvalue weighted by Crippen LogP contribution is 2.41. The zero-order valence-electron chi connectivity index (χ0n) is 28.9. The molecule has 9 aromatic carbocycles. The van der Waals surface area contributed by atoms with Crippen LogP contribution in [0.2, 0.25) is 0 Å². The van der Waals surface area contributed by atoms with Crippen molar-refractivity contribution < 1.29 is 0 Å². The number of hydrogen-bond donors (Lipinski definition) is 0. The van der Waals surface area contributed by atoms with Crippen molar-refractivity contribution in [3.05, 3.63) is 194 Å². The summed E-state index contributed by atoms with van der Waals surface area (Å²) in [5, 5.41) is 12.6. The van der Waals surface area contributed by atoms with E-state index in [1.165, 1.54) is 92.7 Å². The molecule has 0 aliphatic carbocycles. The van der Waals surface area contributed by atoms with E-state index in [2.05, 4.69) is 192 Å². The largest absolute Gasteiger partial charge is 0.309 e. The number of benzene rings is 9. The molecule has 2 nitrogen and oxygen atoms in total. The maximum absolute atomic E-state index is 4.26. The van der Waals surface area contributed by atoms with E-state index in [0.29, 0.717) is 0 Å². The van der Waals surface area contributed by atoms with E-state index in [9.17, 15) is 0 Å². The summed E-state index contributed by atoms with van der Waals surface area (Å²) in [7, 11) is 0. The van der Waals surface area contributed by atoms with Gasteiger partial charge in [-0.25, -0.2) is 0 Å². The van der Waals surface area contributed by atoms with Crippen LogP contribution in [0.1, 0.15) is 0 Å². The molecule has 0 N–H and O–H groups in total. The van der Waals surface area contributed by atoms with Crippen molar-refractivity contribution in [3.63, 3.8) is 0 Å². The van der Waals surface area contributed by atoms with Crippen LogP contribution in [0, 0.1) is 0 Å². The average Bonchev–Trinajstić information content (AvgIpc) is 3.57. The molecule has 2 aromatic heterocycles. The number of pyridine rings is 1. The van der Waals surface area contributed by atoms with Crippen LogP contribution in [0.4, 0.5) is 0 Å². The smallest absolute Gasteiger partial charge is 0.0619 e. The van der Waals surface area contributed by atoms with Crippen molar-refractivity contribution in [1.82, 2.24) is 9.55 Å². The number of rotatable bonds is 4. The molecule has 2 heteroatoms. The molecule has 0 amide bonds. The molecule has 0 spiro atoms. The molecular formula is C51H32N2. The van der Waals surface area contributed by atoms with Gasteiger partial charge < -0.3 is 4.57 Å². The summed E-state index contributed by atoms with van der Waals surface area (Å²) < 4.78 is 2.46. The predicted molar refractivity (Wildman–Crippen MR) is 225 cm³/mol. The van der Waals surface area contributed by atoms with Gasteiger partial charge in [0.25, 0.3) is 0 Å². The van der Waals surface area contributed by atoms with Crippen LogP contribution in [-0.4, -0.2) is 9.55 Å². The number of fused-ring (bicyclic) bond motifs is 9. The van der Waals surface area contributed by atoms with Gasteiger partial charge in [0.2, 0.25) is 0 Å². The van der Waals surface area contributed by atoms with Crippen LogP contribution < -0.4 is 0 Å². The Morgan fingerprint density at radius 1 is 0.321 bits per heavy atom. The second-order valence-corrected chi connectivity index (χ2v) is 14.0. The fourth-order valence-corrected chi connectivity index (χ4v) is 8.46. The maximum Gasteiger partial charge on any atom is 0.0619 e. The third kappa shape index (κ3) is 4.77. The second kappa shape index (κ2) is 11.8. The van der Waals surface area contributed by atoms with E-state index in [4.69, 9.17) is 0 Å². The number of aromatic nitrogens is 2. The van der Waals surface area contributed by atoms with Gasteiger partial charge >= 0.3 is 0 Å². The van der Waals surface area contributed by atoms with Crippen molar-refractivity contribution in [3.8, 4) is 39.1 Å². The van der Waals surface area contributed by atoms with E-state index < -0.39 is 0 Å². The Bertz CT molecular complexity index is 3210. The average molecular weight is 673 g/mol. The molecule has 0 bridgehead atoms. The SMILES string of the molecule is c1ccc2cc(-n3c4cc(-c5ccncc5)ccc4c4ccc5cc(-c6ccc(-c7cc8ccccc8c8ccccc78)cc6)ccc5c43)ccc2c1. The van der Waals surface area contributed by atoms with Gasteiger partial charge in [-0.2, -0.15) is 0 Å². The first kappa shape index (κ1) is 29.7. The minimum absolute atomic E-state index is 1.16. The zero-order valence-corrected chi connectivity index (χ0v) is 28.9. The van der Waals surface area contributed by atoms with Gasteiger partial charge in [0.15, 0.2) is 0 Å². The molecule has 0 saturated carbocycles. The van der Waals surface area contributed by atoms with Crippen molar-refractivity contribution in [2.45, 2.75) is 0 Å². The Balaban J connectivity index is 1.07. The first-order valence-electron chi connectivity index (χ1n) is 18.2. The van der Waals surface area contributed by atoms with Gasteiger partial charge in [-0.15, -0.1) is 0 Å². The summed E-state index contributed by atoms with van der Waals surface area (Å²) in [4.78, 5) is 4.26. The van der Waals surface area contributed by atoms with Crippen LogP contribution in [0.5, 0.6) is 0 Å². The van der Waals surface area contributed by atoms with Crippen molar-refractivity contribution >= 4 is 64.9 Å². The molecule has 11 aromatic rings. The first-order valence-corrected chi connectivity index (χ1v) is 18.2. The Hall–Kier alpha value is -7.03. The quantitative estimate of drug-likeness (QED) is 0.170. The monoisotopic (exact) mass is 672 g/mol. The molecule has 0 atom stereocenters. The third-order valence-corrected chi connectivity index (χ3v) is 11.0. The van der Waals surface area contributed by atoms with Crippen molar-refractivity contribution in [1.29, 1.82) is 0 Å². The highest BCUT2D eigenvalue weighted by Gasteiger charge is 2.17. The summed E-state index contributed by atoms with van der Waals surface area (Å²) in [6, 6.07) is 66.8. The lowest BCUT2D eigenvalue weighted by Gasteiger charge is -2.13. The third-order valence-electron chi connectivity index (χ3n) is 11.0. The highest BCUT2D eigenvalue weighted by molar-refractivity contribution is 6.19. The summed E-state index contributed by atoms with van der Waals surface area (Å²) in [6.45, 7) is 0. The Morgan fingerprint density at radius 3 is 1.74 bits per heavy atom. The fraction of sp³-hybridized carbons (Fsp3) is 0.